The van der Waals surface area contributed by atoms with Crippen molar-refractivity contribution in [3.05, 3.63) is 29.3 Å². The minimum atomic E-state index is 0.109. The van der Waals surface area contributed by atoms with E-state index in [1.54, 1.807) is 14.2 Å². The zero-order chi connectivity index (χ0) is 15.2. The lowest BCUT2D eigenvalue weighted by molar-refractivity contribution is -0.121. The standard InChI is InChI=1S/C17H25NO3/c1-12-10-14(6-7-16(12)21-3)15(13-4-5-13)11-17(19)18-8-9-20-2/h6-7,10,13,15H,4-5,8-9,11H2,1-3H3,(H,18,19). The maximum Gasteiger partial charge on any atom is 0.220 e. The quantitative estimate of drug-likeness (QED) is 0.749. The number of carbonyl (C=O) groups excluding carboxylic acids is 1. The molecule has 1 atom stereocenters. The van der Waals surface area contributed by atoms with Crippen LogP contribution in [0.5, 0.6) is 5.75 Å². The van der Waals surface area contributed by atoms with Crippen LogP contribution >= 0.6 is 0 Å². The Morgan fingerprint density at radius 1 is 1.38 bits per heavy atom. The van der Waals surface area contributed by atoms with Gasteiger partial charge in [0.25, 0.3) is 0 Å². The summed E-state index contributed by atoms with van der Waals surface area (Å²) in [4.78, 5) is 12.1. The van der Waals surface area contributed by atoms with Crippen LogP contribution in [0.25, 0.3) is 0 Å². The number of aryl methyl sites for hydroxylation is 1. The first-order chi connectivity index (χ1) is 10.2. The van der Waals surface area contributed by atoms with Gasteiger partial charge in [0.1, 0.15) is 5.75 Å². The van der Waals surface area contributed by atoms with Crippen molar-refractivity contribution in [2.75, 3.05) is 27.4 Å². The van der Waals surface area contributed by atoms with E-state index in [0.717, 1.165) is 11.3 Å². The van der Waals surface area contributed by atoms with E-state index >= 15 is 0 Å². The Labute approximate surface area is 126 Å². The van der Waals surface area contributed by atoms with Crippen LogP contribution in [0.15, 0.2) is 18.2 Å². The van der Waals surface area contributed by atoms with Gasteiger partial charge in [0.2, 0.25) is 5.91 Å². The maximum atomic E-state index is 12.1. The van der Waals surface area contributed by atoms with E-state index in [9.17, 15) is 4.79 Å². The third-order valence-electron chi connectivity index (χ3n) is 4.07. The van der Waals surface area contributed by atoms with Crippen molar-refractivity contribution in [2.24, 2.45) is 5.92 Å². The third kappa shape index (κ3) is 4.46. The number of hydrogen-bond acceptors (Lipinski definition) is 3. The summed E-state index contributed by atoms with van der Waals surface area (Å²) in [7, 11) is 3.32. The molecule has 4 nitrogen and oxygen atoms in total. The van der Waals surface area contributed by atoms with Crippen LogP contribution in [0.1, 0.15) is 36.3 Å². The molecule has 4 heteroatoms. The number of amides is 1. The van der Waals surface area contributed by atoms with Gasteiger partial charge in [-0.25, -0.2) is 0 Å². The number of rotatable bonds is 8. The number of benzene rings is 1. The molecule has 0 saturated heterocycles. The topological polar surface area (TPSA) is 47.6 Å². The summed E-state index contributed by atoms with van der Waals surface area (Å²) in [5, 5.41) is 2.92. The highest BCUT2D eigenvalue weighted by Gasteiger charge is 2.33. The highest BCUT2D eigenvalue weighted by molar-refractivity contribution is 5.77. The molecule has 0 heterocycles. The van der Waals surface area contributed by atoms with Crippen molar-refractivity contribution < 1.29 is 14.3 Å². The smallest absolute Gasteiger partial charge is 0.220 e. The molecule has 116 valence electrons. The van der Waals surface area contributed by atoms with E-state index in [1.165, 1.54) is 18.4 Å². The number of nitrogens with one attached hydrogen (secondary N) is 1. The zero-order valence-electron chi connectivity index (χ0n) is 13.1. The Kier molecular flexibility index (Phi) is 5.62. The molecule has 1 fully saturated rings. The summed E-state index contributed by atoms with van der Waals surface area (Å²) in [5.74, 6) is 1.97. The lowest BCUT2D eigenvalue weighted by Gasteiger charge is -2.18. The second-order valence-corrected chi connectivity index (χ2v) is 5.72. The minimum Gasteiger partial charge on any atom is -0.496 e. The Morgan fingerprint density at radius 2 is 2.14 bits per heavy atom. The van der Waals surface area contributed by atoms with Crippen molar-refractivity contribution in [2.45, 2.75) is 32.1 Å². The lowest BCUT2D eigenvalue weighted by atomic mass is 9.89. The number of ether oxygens (including phenoxy) is 2. The Balaban J connectivity index is 2.02. The molecular formula is C17H25NO3. The van der Waals surface area contributed by atoms with Crippen molar-refractivity contribution in [1.29, 1.82) is 0 Å². The van der Waals surface area contributed by atoms with Crippen LogP contribution in [-0.2, 0) is 9.53 Å². The van der Waals surface area contributed by atoms with Crippen LogP contribution in [0.2, 0.25) is 0 Å². The summed E-state index contributed by atoms with van der Waals surface area (Å²) in [6.45, 7) is 3.18. The fourth-order valence-electron chi connectivity index (χ4n) is 2.75. The summed E-state index contributed by atoms with van der Waals surface area (Å²) in [5.41, 5.74) is 2.37. The van der Waals surface area contributed by atoms with Crippen LogP contribution < -0.4 is 10.1 Å². The zero-order valence-corrected chi connectivity index (χ0v) is 13.1. The predicted molar refractivity (Wildman–Crippen MR) is 82.7 cm³/mol. The fraction of sp³-hybridized carbons (Fsp3) is 0.588. The van der Waals surface area contributed by atoms with Crippen LogP contribution in [0, 0.1) is 12.8 Å². The Hall–Kier alpha value is -1.55. The van der Waals surface area contributed by atoms with Crippen molar-refractivity contribution in [1.82, 2.24) is 5.32 Å². The van der Waals surface area contributed by atoms with Gasteiger partial charge in [0.15, 0.2) is 0 Å². The molecule has 1 aliphatic carbocycles. The minimum absolute atomic E-state index is 0.109. The molecule has 1 aromatic rings. The highest BCUT2D eigenvalue weighted by Crippen LogP contribution is 2.45. The number of carbonyl (C=O) groups is 1. The van der Waals surface area contributed by atoms with E-state index in [-0.39, 0.29) is 5.91 Å². The molecule has 2 rings (SSSR count). The average molecular weight is 291 g/mol. The normalized spacial score (nSPS) is 15.6. The van der Waals surface area contributed by atoms with Crippen molar-refractivity contribution in [3.63, 3.8) is 0 Å². The summed E-state index contributed by atoms with van der Waals surface area (Å²) < 4.78 is 10.3. The molecule has 21 heavy (non-hydrogen) atoms. The van der Waals surface area contributed by atoms with Gasteiger partial charge in [0, 0.05) is 20.1 Å². The highest BCUT2D eigenvalue weighted by atomic mass is 16.5. The monoisotopic (exact) mass is 291 g/mol. The van der Waals surface area contributed by atoms with E-state index in [2.05, 4.69) is 17.4 Å². The van der Waals surface area contributed by atoms with E-state index in [4.69, 9.17) is 9.47 Å². The molecule has 1 aliphatic rings. The summed E-state index contributed by atoms with van der Waals surface area (Å²) in [6.07, 6.45) is 3.00. The molecule has 1 aromatic carbocycles. The van der Waals surface area contributed by atoms with Crippen LogP contribution in [-0.4, -0.2) is 33.3 Å². The molecular weight excluding hydrogens is 266 g/mol. The van der Waals surface area contributed by atoms with Gasteiger partial charge in [-0.15, -0.1) is 0 Å². The molecule has 1 N–H and O–H groups in total. The van der Waals surface area contributed by atoms with Gasteiger partial charge in [-0.3, -0.25) is 4.79 Å². The second kappa shape index (κ2) is 7.46. The molecule has 1 saturated carbocycles. The summed E-state index contributed by atoms with van der Waals surface area (Å²) in [6, 6.07) is 6.25. The molecule has 0 spiro atoms. The number of hydrogen-bond donors (Lipinski definition) is 1. The first-order valence-electron chi connectivity index (χ1n) is 7.56. The van der Waals surface area contributed by atoms with Crippen molar-refractivity contribution >= 4 is 5.91 Å². The third-order valence-corrected chi connectivity index (χ3v) is 4.07. The Morgan fingerprint density at radius 3 is 2.71 bits per heavy atom. The fourth-order valence-corrected chi connectivity index (χ4v) is 2.75. The first kappa shape index (κ1) is 15.8. The van der Waals surface area contributed by atoms with Gasteiger partial charge in [-0.05, 0) is 48.8 Å². The largest absolute Gasteiger partial charge is 0.496 e. The molecule has 0 aromatic heterocycles. The van der Waals surface area contributed by atoms with E-state index in [0.29, 0.717) is 31.4 Å². The van der Waals surface area contributed by atoms with Gasteiger partial charge in [-0.1, -0.05) is 12.1 Å². The molecule has 1 amide bonds. The lowest BCUT2D eigenvalue weighted by Crippen LogP contribution is -2.28. The average Bonchev–Trinajstić information content (AvgIpc) is 3.29. The molecule has 0 radical (unpaired) electrons. The molecule has 0 aliphatic heterocycles. The predicted octanol–water partition coefficient (Wildman–Crippen LogP) is 2.65. The van der Waals surface area contributed by atoms with Crippen LogP contribution in [0.4, 0.5) is 0 Å². The van der Waals surface area contributed by atoms with Gasteiger partial charge >= 0.3 is 0 Å². The van der Waals surface area contributed by atoms with E-state index in [1.807, 2.05) is 13.0 Å². The van der Waals surface area contributed by atoms with E-state index < -0.39 is 0 Å². The van der Waals surface area contributed by atoms with Gasteiger partial charge in [-0.2, -0.15) is 0 Å². The van der Waals surface area contributed by atoms with Gasteiger partial charge < -0.3 is 14.8 Å². The molecule has 0 bridgehead atoms. The van der Waals surface area contributed by atoms with Crippen molar-refractivity contribution in [3.8, 4) is 5.75 Å². The number of methoxy groups -OCH3 is 2. The van der Waals surface area contributed by atoms with Crippen LogP contribution in [0.3, 0.4) is 0 Å². The second-order valence-electron chi connectivity index (χ2n) is 5.72. The maximum absolute atomic E-state index is 12.1. The SMILES string of the molecule is COCCNC(=O)CC(c1ccc(OC)c(C)c1)C1CC1. The molecule has 1 unspecified atom stereocenters. The van der Waals surface area contributed by atoms with Gasteiger partial charge in [0.05, 0.1) is 13.7 Å². The summed E-state index contributed by atoms with van der Waals surface area (Å²) >= 11 is 0. The Bertz CT molecular complexity index is 483. The first-order valence-corrected chi connectivity index (χ1v) is 7.56.